The van der Waals surface area contributed by atoms with E-state index in [1.54, 1.807) is 11.3 Å². The van der Waals surface area contributed by atoms with Crippen LogP contribution in [-0.4, -0.2) is 18.4 Å². The third-order valence-corrected chi connectivity index (χ3v) is 3.88. The largest absolute Gasteiger partial charge is 0.328 e. The van der Waals surface area contributed by atoms with Crippen LogP contribution in [0.1, 0.15) is 23.4 Å². The SMILES string of the molecule is CC(=O)NNC(=O)C[NH2+][C@H](c1ccccc1)c1cccs1. The second-order valence-electron chi connectivity index (χ2n) is 4.57. The molecule has 110 valence electrons. The molecule has 6 heteroatoms. The van der Waals surface area contributed by atoms with Gasteiger partial charge in [-0.15, -0.1) is 11.3 Å². The summed E-state index contributed by atoms with van der Waals surface area (Å²) in [7, 11) is 0. The van der Waals surface area contributed by atoms with Crippen LogP contribution in [0, 0.1) is 0 Å². The monoisotopic (exact) mass is 304 g/mol. The topological polar surface area (TPSA) is 74.8 Å². The molecule has 1 aromatic heterocycles. The molecule has 1 aromatic carbocycles. The number of hydrazine groups is 1. The van der Waals surface area contributed by atoms with Gasteiger partial charge in [0.05, 0.1) is 4.88 Å². The molecule has 2 aromatic rings. The predicted molar refractivity (Wildman–Crippen MR) is 81.4 cm³/mol. The average molecular weight is 304 g/mol. The van der Waals surface area contributed by atoms with Crippen molar-refractivity contribution in [2.45, 2.75) is 13.0 Å². The van der Waals surface area contributed by atoms with Gasteiger partial charge in [0.1, 0.15) is 6.04 Å². The van der Waals surface area contributed by atoms with E-state index >= 15 is 0 Å². The first-order valence-corrected chi connectivity index (χ1v) is 7.52. The highest BCUT2D eigenvalue weighted by Gasteiger charge is 2.19. The van der Waals surface area contributed by atoms with Gasteiger partial charge in [-0.1, -0.05) is 36.4 Å². The lowest BCUT2D eigenvalue weighted by Gasteiger charge is -2.14. The van der Waals surface area contributed by atoms with E-state index in [1.807, 2.05) is 47.1 Å². The molecule has 4 N–H and O–H groups in total. The molecule has 0 bridgehead atoms. The van der Waals surface area contributed by atoms with Crippen LogP contribution in [0.5, 0.6) is 0 Å². The van der Waals surface area contributed by atoms with Gasteiger partial charge in [0.15, 0.2) is 6.54 Å². The average Bonchev–Trinajstić information content (AvgIpc) is 3.00. The molecule has 0 fully saturated rings. The van der Waals surface area contributed by atoms with Crippen molar-refractivity contribution in [3.05, 3.63) is 58.3 Å². The van der Waals surface area contributed by atoms with Gasteiger partial charge >= 0.3 is 0 Å². The summed E-state index contributed by atoms with van der Waals surface area (Å²) in [5.74, 6) is -0.524. The molecule has 0 radical (unpaired) electrons. The molecule has 0 saturated heterocycles. The molecule has 21 heavy (non-hydrogen) atoms. The van der Waals surface area contributed by atoms with E-state index in [9.17, 15) is 9.59 Å². The van der Waals surface area contributed by atoms with E-state index in [4.69, 9.17) is 0 Å². The Morgan fingerprint density at radius 3 is 2.52 bits per heavy atom. The first-order chi connectivity index (χ1) is 10.2. The van der Waals surface area contributed by atoms with E-state index in [1.165, 1.54) is 11.8 Å². The van der Waals surface area contributed by atoms with E-state index in [0.717, 1.165) is 5.56 Å². The summed E-state index contributed by atoms with van der Waals surface area (Å²) >= 11 is 1.66. The molecule has 0 unspecified atom stereocenters. The Balaban J connectivity index is 2.01. The highest BCUT2D eigenvalue weighted by molar-refractivity contribution is 7.10. The predicted octanol–water partition coefficient (Wildman–Crippen LogP) is 0.568. The number of thiophene rings is 1. The first kappa shape index (κ1) is 15.2. The lowest BCUT2D eigenvalue weighted by Crippen LogP contribution is -2.88. The molecule has 2 rings (SSSR count). The van der Waals surface area contributed by atoms with Crippen LogP contribution < -0.4 is 16.2 Å². The Morgan fingerprint density at radius 2 is 1.90 bits per heavy atom. The summed E-state index contributed by atoms with van der Waals surface area (Å²) in [6.45, 7) is 1.58. The molecule has 0 aliphatic carbocycles. The minimum atomic E-state index is -0.291. The summed E-state index contributed by atoms with van der Waals surface area (Å²) in [6.07, 6.45) is 0. The van der Waals surface area contributed by atoms with Crippen LogP contribution in [0.15, 0.2) is 47.8 Å². The number of hydrogen-bond donors (Lipinski definition) is 3. The zero-order chi connectivity index (χ0) is 15.1. The maximum Gasteiger partial charge on any atom is 0.293 e. The van der Waals surface area contributed by atoms with Crippen molar-refractivity contribution >= 4 is 23.2 Å². The Hall–Kier alpha value is -2.18. The standard InChI is InChI=1S/C15H17N3O2S/c1-11(19)17-18-14(20)10-16-15(13-8-5-9-21-13)12-6-3-2-4-7-12/h2-9,15-16H,10H2,1H3,(H,17,19)(H,18,20)/p+1/t15-/m1/s1. The minimum absolute atomic E-state index is 0.0780. The number of rotatable bonds is 5. The van der Waals surface area contributed by atoms with Crippen molar-refractivity contribution in [1.82, 2.24) is 10.9 Å². The molecule has 2 amide bonds. The lowest BCUT2D eigenvalue weighted by molar-refractivity contribution is -0.676. The van der Waals surface area contributed by atoms with Crippen LogP contribution in [0.25, 0.3) is 0 Å². The van der Waals surface area contributed by atoms with Crippen molar-refractivity contribution in [2.24, 2.45) is 0 Å². The molecular formula is C15H18N3O2S+. The third-order valence-electron chi connectivity index (χ3n) is 2.93. The Morgan fingerprint density at radius 1 is 1.14 bits per heavy atom. The van der Waals surface area contributed by atoms with E-state index in [-0.39, 0.29) is 24.4 Å². The van der Waals surface area contributed by atoms with Crippen LogP contribution in [0.2, 0.25) is 0 Å². The fourth-order valence-corrected chi connectivity index (χ4v) is 2.83. The Labute approximate surface area is 127 Å². The van der Waals surface area contributed by atoms with Gasteiger partial charge in [-0.2, -0.15) is 0 Å². The van der Waals surface area contributed by atoms with Crippen molar-refractivity contribution in [3.8, 4) is 0 Å². The van der Waals surface area contributed by atoms with Crippen LogP contribution in [0.3, 0.4) is 0 Å². The van der Waals surface area contributed by atoms with Gasteiger partial charge in [-0.05, 0) is 11.4 Å². The van der Waals surface area contributed by atoms with Gasteiger partial charge in [-0.25, -0.2) is 0 Å². The van der Waals surface area contributed by atoms with Crippen LogP contribution in [-0.2, 0) is 9.59 Å². The van der Waals surface area contributed by atoms with Gasteiger partial charge in [0.2, 0.25) is 5.91 Å². The number of carbonyl (C=O) groups excluding carboxylic acids is 2. The van der Waals surface area contributed by atoms with Crippen LogP contribution >= 0.6 is 11.3 Å². The summed E-state index contributed by atoms with van der Waals surface area (Å²) in [6, 6.07) is 14.2. The molecule has 0 saturated carbocycles. The summed E-state index contributed by atoms with van der Waals surface area (Å²) < 4.78 is 0. The van der Waals surface area contributed by atoms with Gasteiger partial charge in [0.25, 0.3) is 5.91 Å². The number of nitrogens with two attached hydrogens (primary N) is 1. The second kappa shape index (κ2) is 7.56. The van der Waals surface area contributed by atoms with Crippen molar-refractivity contribution in [2.75, 3.05) is 6.54 Å². The van der Waals surface area contributed by atoms with E-state index < -0.39 is 0 Å². The molecule has 0 spiro atoms. The number of quaternary nitrogens is 1. The number of benzene rings is 1. The maximum absolute atomic E-state index is 11.7. The fraction of sp³-hybridized carbons (Fsp3) is 0.200. The summed E-state index contributed by atoms with van der Waals surface area (Å²) in [5, 5.41) is 3.98. The smallest absolute Gasteiger partial charge is 0.293 e. The van der Waals surface area contributed by atoms with Crippen LogP contribution in [0.4, 0.5) is 0 Å². The summed E-state index contributed by atoms with van der Waals surface area (Å²) in [5.41, 5.74) is 5.80. The molecule has 0 aliphatic heterocycles. The Bertz CT molecular complexity index is 584. The minimum Gasteiger partial charge on any atom is -0.328 e. The maximum atomic E-state index is 11.7. The van der Waals surface area contributed by atoms with Crippen molar-refractivity contribution < 1.29 is 14.9 Å². The zero-order valence-electron chi connectivity index (χ0n) is 11.7. The second-order valence-corrected chi connectivity index (χ2v) is 5.55. The van der Waals surface area contributed by atoms with Gasteiger partial charge in [-0.3, -0.25) is 20.4 Å². The van der Waals surface area contributed by atoms with E-state index in [0.29, 0.717) is 0 Å². The highest BCUT2D eigenvalue weighted by Crippen LogP contribution is 2.22. The van der Waals surface area contributed by atoms with Gasteiger partial charge in [0, 0.05) is 12.5 Å². The quantitative estimate of drug-likeness (QED) is 0.706. The normalized spacial score (nSPS) is 11.7. The Kier molecular flexibility index (Phi) is 5.48. The molecule has 1 heterocycles. The lowest BCUT2D eigenvalue weighted by atomic mass is 10.1. The molecule has 5 nitrogen and oxygen atoms in total. The number of nitrogens with one attached hydrogen (secondary N) is 2. The van der Waals surface area contributed by atoms with Crippen molar-refractivity contribution in [3.63, 3.8) is 0 Å². The summed E-state index contributed by atoms with van der Waals surface area (Å²) in [4.78, 5) is 23.6. The molecule has 1 atom stereocenters. The number of amides is 2. The third kappa shape index (κ3) is 4.70. The number of carbonyl (C=O) groups is 2. The highest BCUT2D eigenvalue weighted by atomic mass is 32.1. The fourth-order valence-electron chi connectivity index (χ4n) is 1.98. The zero-order valence-corrected chi connectivity index (χ0v) is 12.5. The number of hydrogen-bond acceptors (Lipinski definition) is 3. The molecule has 0 aliphatic rings. The van der Waals surface area contributed by atoms with Crippen molar-refractivity contribution in [1.29, 1.82) is 0 Å². The molecular weight excluding hydrogens is 286 g/mol. The van der Waals surface area contributed by atoms with E-state index in [2.05, 4.69) is 16.9 Å². The van der Waals surface area contributed by atoms with Gasteiger partial charge < -0.3 is 5.32 Å². The first-order valence-electron chi connectivity index (χ1n) is 6.64.